The minimum Gasteiger partial charge on any atom is -0.464 e. The Bertz CT molecular complexity index is 373. The summed E-state index contributed by atoms with van der Waals surface area (Å²) >= 11 is 0. The second-order valence-electron chi connectivity index (χ2n) is 3.92. The maximum Gasteiger partial charge on any atom is 0.356 e. The van der Waals surface area contributed by atoms with Crippen molar-refractivity contribution in [3.05, 3.63) is 23.9 Å². The van der Waals surface area contributed by atoms with Crippen molar-refractivity contribution in [2.75, 3.05) is 25.1 Å². The van der Waals surface area contributed by atoms with Crippen LogP contribution in [0.15, 0.2) is 18.2 Å². The maximum absolute atomic E-state index is 11.3. The van der Waals surface area contributed by atoms with Gasteiger partial charge >= 0.3 is 5.97 Å². The van der Waals surface area contributed by atoms with E-state index in [0.717, 1.165) is 18.9 Å². The monoisotopic (exact) mass is 220 g/mol. The SMILES string of the molecule is COC(=O)c1cccc(N2CCCCC2)n1. The Hall–Kier alpha value is -1.58. The molecule has 0 bridgehead atoms. The summed E-state index contributed by atoms with van der Waals surface area (Å²) in [5.41, 5.74) is 0.380. The highest BCUT2D eigenvalue weighted by atomic mass is 16.5. The number of aromatic nitrogens is 1. The number of ether oxygens (including phenoxy) is 1. The Balaban J connectivity index is 2.17. The molecular weight excluding hydrogens is 204 g/mol. The van der Waals surface area contributed by atoms with E-state index in [1.807, 2.05) is 12.1 Å². The van der Waals surface area contributed by atoms with Crippen molar-refractivity contribution >= 4 is 11.8 Å². The number of anilines is 1. The van der Waals surface area contributed by atoms with Crippen LogP contribution in [0, 0.1) is 0 Å². The molecule has 1 aliphatic rings. The lowest BCUT2D eigenvalue weighted by Crippen LogP contribution is -2.30. The molecular formula is C12H16N2O2. The predicted molar refractivity (Wildman–Crippen MR) is 61.6 cm³/mol. The van der Waals surface area contributed by atoms with Crippen molar-refractivity contribution in [2.24, 2.45) is 0 Å². The van der Waals surface area contributed by atoms with E-state index in [1.165, 1.54) is 26.4 Å². The molecule has 1 aromatic rings. The Morgan fingerprint density at radius 3 is 2.75 bits per heavy atom. The third kappa shape index (κ3) is 2.32. The van der Waals surface area contributed by atoms with Crippen molar-refractivity contribution < 1.29 is 9.53 Å². The first kappa shape index (κ1) is 10.9. The van der Waals surface area contributed by atoms with E-state index in [-0.39, 0.29) is 5.97 Å². The smallest absolute Gasteiger partial charge is 0.356 e. The van der Waals surface area contributed by atoms with E-state index in [9.17, 15) is 4.79 Å². The summed E-state index contributed by atoms with van der Waals surface area (Å²) in [6, 6.07) is 5.47. The molecule has 0 radical (unpaired) electrons. The number of rotatable bonds is 2. The zero-order chi connectivity index (χ0) is 11.4. The summed E-state index contributed by atoms with van der Waals surface area (Å²) in [5, 5.41) is 0. The van der Waals surface area contributed by atoms with Gasteiger partial charge in [0.05, 0.1) is 7.11 Å². The van der Waals surface area contributed by atoms with Gasteiger partial charge in [-0.1, -0.05) is 6.07 Å². The Kier molecular flexibility index (Phi) is 3.39. The minimum absolute atomic E-state index is 0.376. The molecule has 1 aliphatic heterocycles. The lowest BCUT2D eigenvalue weighted by Gasteiger charge is -2.27. The van der Waals surface area contributed by atoms with E-state index in [1.54, 1.807) is 6.07 Å². The fourth-order valence-corrected chi connectivity index (χ4v) is 1.94. The lowest BCUT2D eigenvalue weighted by atomic mass is 10.1. The van der Waals surface area contributed by atoms with E-state index in [0.29, 0.717) is 5.69 Å². The number of hydrogen-bond donors (Lipinski definition) is 0. The Morgan fingerprint density at radius 2 is 2.06 bits per heavy atom. The highest BCUT2D eigenvalue weighted by Gasteiger charge is 2.14. The standard InChI is InChI=1S/C12H16N2O2/c1-16-12(15)10-6-5-7-11(13-10)14-8-3-2-4-9-14/h5-7H,2-4,8-9H2,1H3. The summed E-state index contributed by atoms with van der Waals surface area (Å²) in [4.78, 5) is 17.9. The molecule has 0 amide bonds. The van der Waals surface area contributed by atoms with Crippen LogP contribution in [-0.2, 0) is 4.74 Å². The van der Waals surface area contributed by atoms with E-state index >= 15 is 0 Å². The molecule has 0 aliphatic carbocycles. The molecule has 2 rings (SSSR count). The number of carbonyl (C=O) groups is 1. The third-order valence-electron chi connectivity index (χ3n) is 2.81. The van der Waals surface area contributed by atoms with Crippen LogP contribution in [0.1, 0.15) is 29.8 Å². The van der Waals surface area contributed by atoms with Gasteiger partial charge in [0.25, 0.3) is 0 Å². The lowest BCUT2D eigenvalue weighted by molar-refractivity contribution is 0.0594. The first-order valence-corrected chi connectivity index (χ1v) is 5.61. The largest absolute Gasteiger partial charge is 0.464 e. The molecule has 0 saturated carbocycles. The van der Waals surface area contributed by atoms with Crippen LogP contribution in [0.25, 0.3) is 0 Å². The van der Waals surface area contributed by atoms with E-state index in [4.69, 9.17) is 0 Å². The molecule has 4 nitrogen and oxygen atoms in total. The first-order chi connectivity index (χ1) is 7.81. The van der Waals surface area contributed by atoms with Crippen LogP contribution in [0.3, 0.4) is 0 Å². The van der Waals surface area contributed by atoms with Crippen LogP contribution in [0.5, 0.6) is 0 Å². The summed E-state index contributed by atoms with van der Waals surface area (Å²) < 4.78 is 4.66. The van der Waals surface area contributed by atoms with Gasteiger partial charge in [-0.2, -0.15) is 0 Å². The molecule has 0 atom stereocenters. The van der Waals surface area contributed by atoms with Gasteiger partial charge < -0.3 is 9.64 Å². The van der Waals surface area contributed by atoms with E-state index < -0.39 is 0 Å². The fraction of sp³-hybridized carbons (Fsp3) is 0.500. The van der Waals surface area contributed by atoms with Gasteiger partial charge in [0, 0.05) is 13.1 Å². The highest BCUT2D eigenvalue weighted by molar-refractivity contribution is 5.87. The van der Waals surface area contributed by atoms with Crippen LogP contribution in [0.4, 0.5) is 5.82 Å². The number of piperidine rings is 1. The topological polar surface area (TPSA) is 42.4 Å². The van der Waals surface area contributed by atoms with Crippen molar-refractivity contribution in [3.8, 4) is 0 Å². The van der Waals surface area contributed by atoms with Gasteiger partial charge in [0.1, 0.15) is 5.82 Å². The summed E-state index contributed by atoms with van der Waals surface area (Å²) in [6.07, 6.45) is 3.68. The zero-order valence-electron chi connectivity index (χ0n) is 9.48. The van der Waals surface area contributed by atoms with Crippen LogP contribution in [0.2, 0.25) is 0 Å². The first-order valence-electron chi connectivity index (χ1n) is 5.61. The highest BCUT2D eigenvalue weighted by Crippen LogP contribution is 2.17. The summed E-state index contributed by atoms with van der Waals surface area (Å²) in [5.74, 6) is 0.501. The molecule has 4 heteroatoms. The number of methoxy groups -OCH3 is 1. The average molecular weight is 220 g/mol. The van der Waals surface area contributed by atoms with E-state index in [2.05, 4.69) is 14.6 Å². The Morgan fingerprint density at radius 1 is 1.31 bits per heavy atom. The van der Waals surface area contributed by atoms with Gasteiger partial charge in [-0.15, -0.1) is 0 Å². The molecule has 0 unspecified atom stereocenters. The molecule has 0 spiro atoms. The van der Waals surface area contributed by atoms with Gasteiger partial charge in [-0.25, -0.2) is 9.78 Å². The summed E-state index contributed by atoms with van der Waals surface area (Å²) in [6.45, 7) is 2.05. The van der Waals surface area contributed by atoms with Gasteiger partial charge in [-0.3, -0.25) is 0 Å². The number of nitrogens with zero attached hydrogens (tertiary/aromatic N) is 2. The molecule has 0 N–H and O–H groups in total. The van der Waals surface area contributed by atoms with Crippen molar-refractivity contribution in [2.45, 2.75) is 19.3 Å². The molecule has 86 valence electrons. The zero-order valence-corrected chi connectivity index (χ0v) is 9.48. The molecule has 2 heterocycles. The molecule has 16 heavy (non-hydrogen) atoms. The van der Waals surface area contributed by atoms with Crippen molar-refractivity contribution in [1.29, 1.82) is 0 Å². The van der Waals surface area contributed by atoms with Gasteiger partial charge in [-0.05, 0) is 31.4 Å². The normalized spacial score (nSPS) is 15.9. The number of carbonyl (C=O) groups excluding carboxylic acids is 1. The number of hydrogen-bond acceptors (Lipinski definition) is 4. The molecule has 1 aromatic heterocycles. The average Bonchev–Trinajstić information content (AvgIpc) is 2.39. The van der Waals surface area contributed by atoms with Gasteiger partial charge in [0.15, 0.2) is 5.69 Å². The number of esters is 1. The summed E-state index contributed by atoms with van der Waals surface area (Å²) in [7, 11) is 1.37. The molecule has 1 fully saturated rings. The van der Waals surface area contributed by atoms with Crippen LogP contribution >= 0.6 is 0 Å². The molecule has 0 aromatic carbocycles. The predicted octanol–water partition coefficient (Wildman–Crippen LogP) is 1.86. The minimum atomic E-state index is -0.376. The second kappa shape index (κ2) is 4.96. The van der Waals surface area contributed by atoms with Crippen LogP contribution < -0.4 is 4.90 Å². The van der Waals surface area contributed by atoms with Crippen molar-refractivity contribution in [3.63, 3.8) is 0 Å². The third-order valence-corrected chi connectivity index (χ3v) is 2.81. The Labute approximate surface area is 95.2 Å². The fourth-order valence-electron chi connectivity index (χ4n) is 1.94. The quantitative estimate of drug-likeness (QED) is 0.713. The maximum atomic E-state index is 11.3. The second-order valence-corrected chi connectivity index (χ2v) is 3.92. The molecule has 1 saturated heterocycles. The van der Waals surface area contributed by atoms with Crippen LogP contribution in [-0.4, -0.2) is 31.2 Å². The van der Waals surface area contributed by atoms with Crippen molar-refractivity contribution in [1.82, 2.24) is 4.98 Å². The number of pyridine rings is 1. The van der Waals surface area contributed by atoms with Gasteiger partial charge in [0.2, 0.25) is 0 Å².